The number of alkyl halides is 1. The molecule has 8 atom stereocenters. The lowest BCUT2D eigenvalue weighted by molar-refractivity contribution is -0.143. The summed E-state index contributed by atoms with van der Waals surface area (Å²) in [6, 6.07) is 4.57. The lowest BCUT2D eigenvalue weighted by atomic mass is 9.70. The molecule has 3 aliphatic heterocycles. The summed E-state index contributed by atoms with van der Waals surface area (Å²) >= 11 is 5.36. The topological polar surface area (TPSA) is 98.7 Å². The Morgan fingerprint density at radius 2 is 1.94 bits per heavy atom. The summed E-state index contributed by atoms with van der Waals surface area (Å²) in [4.78, 5) is 42.7. The quantitative estimate of drug-likeness (QED) is 0.452. The van der Waals surface area contributed by atoms with Crippen LogP contribution in [-0.4, -0.2) is 68.3 Å². The Kier molecular flexibility index (Phi) is 7.10. The maximum Gasteiger partial charge on any atom is 0.248 e. The first kappa shape index (κ1) is 25.5. The lowest BCUT2D eigenvalue weighted by Crippen LogP contribution is -2.56. The number of hydrogen-bond acceptors (Lipinski definition) is 5. The molecule has 0 radical (unpaired) electrons. The van der Waals surface area contributed by atoms with Crippen molar-refractivity contribution in [3.63, 3.8) is 0 Å². The van der Waals surface area contributed by atoms with E-state index in [9.17, 15) is 19.5 Å². The molecule has 0 aliphatic carbocycles. The number of para-hydroxylation sites is 1. The van der Waals surface area contributed by atoms with E-state index in [4.69, 9.17) is 0 Å². The molecule has 3 heterocycles. The minimum atomic E-state index is -0.778. The van der Waals surface area contributed by atoms with Crippen molar-refractivity contribution in [2.45, 2.75) is 67.4 Å². The number of nitrogens with one attached hydrogen (secondary N) is 2. The van der Waals surface area contributed by atoms with Gasteiger partial charge in [0.15, 0.2) is 0 Å². The van der Waals surface area contributed by atoms with Crippen LogP contribution >= 0.6 is 27.7 Å². The highest BCUT2D eigenvalue weighted by molar-refractivity contribution is 9.09. The van der Waals surface area contributed by atoms with Gasteiger partial charge in [-0.1, -0.05) is 54.4 Å². The molecule has 1 aromatic rings. The molecule has 9 heteroatoms. The molecule has 34 heavy (non-hydrogen) atoms. The van der Waals surface area contributed by atoms with E-state index in [1.807, 2.05) is 45.9 Å². The van der Waals surface area contributed by atoms with Crippen molar-refractivity contribution in [2.24, 2.45) is 17.8 Å². The predicted molar refractivity (Wildman–Crippen MR) is 138 cm³/mol. The number of thioether (sulfide) groups is 1. The molecule has 4 rings (SSSR count). The molecule has 7 nitrogen and oxygen atoms in total. The first-order chi connectivity index (χ1) is 16.1. The number of aliphatic hydroxyl groups is 1. The number of amides is 3. The molecule has 3 N–H and O–H groups in total. The number of fused-ring (bicyclic) bond motifs is 1. The summed E-state index contributed by atoms with van der Waals surface area (Å²) < 4.78 is -0.728. The van der Waals surface area contributed by atoms with Gasteiger partial charge in [0.25, 0.3) is 0 Å². The van der Waals surface area contributed by atoms with E-state index < -0.39 is 28.7 Å². The minimum absolute atomic E-state index is 0.0000860. The summed E-state index contributed by atoms with van der Waals surface area (Å²) in [5.74, 6) is -1.72. The van der Waals surface area contributed by atoms with E-state index in [2.05, 4.69) is 26.6 Å². The number of aliphatic hydroxyl groups excluding tert-OH is 1. The van der Waals surface area contributed by atoms with Gasteiger partial charge in [0.1, 0.15) is 6.04 Å². The second-order valence-electron chi connectivity index (χ2n) is 9.91. The molecule has 3 aliphatic rings. The highest BCUT2D eigenvalue weighted by atomic mass is 79.9. The Labute approximate surface area is 213 Å². The van der Waals surface area contributed by atoms with Gasteiger partial charge in [-0.25, -0.2) is 0 Å². The summed E-state index contributed by atoms with van der Waals surface area (Å²) in [7, 11) is 1.59. The minimum Gasteiger partial charge on any atom is -0.394 e. The number of rotatable bonds is 7. The number of nitrogens with zero attached hydrogens (tertiary/aromatic N) is 1. The molecule has 3 unspecified atom stereocenters. The van der Waals surface area contributed by atoms with Gasteiger partial charge < -0.3 is 20.6 Å². The van der Waals surface area contributed by atoms with E-state index in [-0.39, 0.29) is 40.3 Å². The molecule has 3 amide bonds. The van der Waals surface area contributed by atoms with Crippen molar-refractivity contribution in [1.82, 2.24) is 10.2 Å². The molecule has 186 valence electrons. The van der Waals surface area contributed by atoms with Crippen LogP contribution in [0.4, 0.5) is 5.69 Å². The molecule has 3 saturated heterocycles. The van der Waals surface area contributed by atoms with Crippen LogP contribution < -0.4 is 10.6 Å². The zero-order valence-electron chi connectivity index (χ0n) is 20.3. The smallest absolute Gasteiger partial charge is 0.248 e. The van der Waals surface area contributed by atoms with Crippen LogP contribution in [0.1, 0.15) is 37.8 Å². The molecule has 1 aromatic carbocycles. The standard InChI is InChI=1S/C25H34BrN3O4S/c1-6-12(2)16(11-30)29-21(23(32)28-19-13(3)8-7-9-14(19)4)25-10-15(26)20(34-25)17(22(31)27-5)18(25)24(29)33/h7-9,12,15-18,20-21,30H,6,10-11H2,1-5H3,(H,27,31)(H,28,32)/t12-,15?,16-,17+,18-,20+,21?,25?/m0/s1. The SMILES string of the molecule is CC[C@H](C)[C@H](CO)N1C(=O)[C@@H]2[C@@H](C(=O)NC)[C@@H]3SC2(CC3Br)C1C(=O)Nc1c(C)cccc1C. The zero-order valence-corrected chi connectivity index (χ0v) is 22.7. The van der Waals surface area contributed by atoms with Crippen LogP contribution in [0.5, 0.6) is 0 Å². The lowest BCUT2D eigenvalue weighted by Gasteiger charge is -2.39. The number of aryl methyl sites for hydroxylation is 2. The molecule has 1 spiro atoms. The van der Waals surface area contributed by atoms with Gasteiger partial charge in [-0.15, -0.1) is 11.8 Å². The second-order valence-corrected chi connectivity index (χ2v) is 12.6. The van der Waals surface area contributed by atoms with Crippen LogP contribution in [0.2, 0.25) is 0 Å². The van der Waals surface area contributed by atoms with Crippen molar-refractivity contribution in [3.8, 4) is 0 Å². The molecule has 0 aromatic heterocycles. The zero-order chi connectivity index (χ0) is 24.9. The van der Waals surface area contributed by atoms with Crippen molar-refractivity contribution in [1.29, 1.82) is 0 Å². The normalized spacial score (nSPS) is 33.6. The predicted octanol–water partition coefficient (Wildman–Crippen LogP) is 2.86. The summed E-state index contributed by atoms with van der Waals surface area (Å²) in [5.41, 5.74) is 2.65. The third-order valence-corrected chi connectivity index (χ3v) is 11.3. The van der Waals surface area contributed by atoms with Gasteiger partial charge in [-0.3, -0.25) is 14.4 Å². The van der Waals surface area contributed by atoms with E-state index in [1.54, 1.807) is 23.7 Å². The average molecular weight is 553 g/mol. The maximum atomic E-state index is 14.1. The fourth-order valence-electron chi connectivity index (χ4n) is 6.21. The van der Waals surface area contributed by atoms with Crippen LogP contribution in [0, 0.1) is 31.6 Å². The fourth-order valence-corrected chi connectivity index (χ4v) is 9.81. The Morgan fingerprint density at radius 1 is 1.29 bits per heavy atom. The van der Waals surface area contributed by atoms with E-state index in [1.165, 1.54) is 0 Å². The first-order valence-electron chi connectivity index (χ1n) is 12.0. The maximum absolute atomic E-state index is 14.1. The van der Waals surface area contributed by atoms with E-state index >= 15 is 0 Å². The summed E-state index contributed by atoms with van der Waals surface area (Å²) in [5, 5.41) is 16.2. The summed E-state index contributed by atoms with van der Waals surface area (Å²) in [6.45, 7) is 7.68. The van der Waals surface area contributed by atoms with Gasteiger partial charge >= 0.3 is 0 Å². The molecular formula is C25H34BrN3O4S. The van der Waals surface area contributed by atoms with Gasteiger partial charge in [-0.05, 0) is 37.3 Å². The average Bonchev–Trinajstić information content (AvgIpc) is 3.40. The number of halogens is 1. The van der Waals surface area contributed by atoms with E-state index in [0.29, 0.717) is 6.42 Å². The van der Waals surface area contributed by atoms with Crippen molar-refractivity contribution >= 4 is 51.1 Å². The largest absolute Gasteiger partial charge is 0.394 e. The third-order valence-electron chi connectivity index (χ3n) is 8.10. The van der Waals surface area contributed by atoms with Gasteiger partial charge in [0, 0.05) is 22.8 Å². The summed E-state index contributed by atoms with van der Waals surface area (Å²) in [6.07, 6.45) is 1.37. The Balaban J connectivity index is 1.82. The van der Waals surface area contributed by atoms with Crippen LogP contribution in [-0.2, 0) is 14.4 Å². The number of anilines is 1. The number of benzene rings is 1. The molecular weight excluding hydrogens is 518 g/mol. The van der Waals surface area contributed by atoms with Crippen LogP contribution in [0.25, 0.3) is 0 Å². The second kappa shape index (κ2) is 9.47. The Morgan fingerprint density at radius 3 is 2.50 bits per heavy atom. The number of carbonyl (C=O) groups is 3. The highest BCUT2D eigenvalue weighted by Gasteiger charge is 2.76. The van der Waals surface area contributed by atoms with Crippen molar-refractivity contribution < 1.29 is 19.5 Å². The van der Waals surface area contributed by atoms with Crippen molar-refractivity contribution in [3.05, 3.63) is 29.3 Å². The van der Waals surface area contributed by atoms with Crippen LogP contribution in [0.3, 0.4) is 0 Å². The van der Waals surface area contributed by atoms with E-state index in [0.717, 1.165) is 23.2 Å². The van der Waals surface area contributed by atoms with Crippen molar-refractivity contribution in [2.75, 3.05) is 19.0 Å². The van der Waals surface area contributed by atoms with Gasteiger partial charge in [0.05, 0.1) is 29.2 Å². The number of likely N-dealkylation sites (tertiary alicyclic amines) is 1. The Hall–Kier alpha value is -1.58. The Bertz CT molecular complexity index is 986. The third kappa shape index (κ3) is 3.69. The van der Waals surface area contributed by atoms with Gasteiger partial charge in [-0.2, -0.15) is 0 Å². The van der Waals surface area contributed by atoms with Gasteiger partial charge in [0.2, 0.25) is 17.7 Å². The highest BCUT2D eigenvalue weighted by Crippen LogP contribution is 2.68. The number of hydrogen-bond donors (Lipinski definition) is 3. The monoisotopic (exact) mass is 551 g/mol. The fraction of sp³-hybridized carbons (Fsp3) is 0.640. The molecule has 2 bridgehead atoms. The van der Waals surface area contributed by atoms with Crippen LogP contribution in [0.15, 0.2) is 18.2 Å². The molecule has 3 fully saturated rings. The first-order valence-corrected chi connectivity index (χ1v) is 13.8. The number of carbonyl (C=O) groups excluding carboxylic acids is 3. The molecule has 0 saturated carbocycles.